The Kier molecular flexibility index (Phi) is 5.37. The summed E-state index contributed by atoms with van der Waals surface area (Å²) in [6.45, 7) is 1.69. The second kappa shape index (κ2) is 6.96. The lowest BCUT2D eigenvalue weighted by molar-refractivity contribution is -0.193. The number of esters is 1. The highest BCUT2D eigenvalue weighted by Crippen LogP contribution is 2.40. The van der Waals surface area contributed by atoms with Crippen molar-refractivity contribution in [3.8, 4) is 0 Å². The van der Waals surface area contributed by atoms with Crippen LogP contribution in [0.4, 0.5) is 13.2 Å². The molecule has 0 radical (unpaired) electrons. The number of amides is 1. The standard InChI is InChI=1S/C16H15BrF3NO3/c1-9-7-8-12(14(22)24-2)21(15(23)16(18,19)20)13(9)10-5-3-4-6-11(10)17/h3-9,12-13H,1-2H3/t9-,12-,13-/m0/s1. The number of hydrogen-bond acceptors (Lipinski definition) is 3. The maximum absolute atomic E-state index is 13.1. The molecule has 1 aliphatic heterocycles. The van der Waals surface area contributed by atoms with E-state index >= 15 is 0 Å². The van der Waals surface area contributed by atoms with E-state index in [1.165, 1.54) is 6.08 Å². The summed E-state index contributed by atoms with van der Waals surface area (Å²) in [6.07, 6.45) is -2.21. The fourth-order valence-electron chi connectivity index (χ4n) is 2.76. The maximum Gasteiger partial charge on any atom is 0.471 e. The summed E-state index contributed by atoms with van der Waals surface area (Å²) in [6, 6.07) is 4.28. The average Bonchev–Trinajstić information content (AvgIpc) is 2.53. The van der Waals surface area contributed by atoms with Gasteiger partial charge in [0.05, 0.1) is 13.2 Å². The lowest BCUT2D eigenvalue weighted by Crippen LogP contribution is -2.54. The minimum absolute atomic E-state index is 0.420. The minimum atomic E-state index is -5.10. The van der Waals surface area contributed by atoms with Crippen molar-refractivity contribution in [3.05, 3.63) is 46.5 Å². The highest BCUT2D eigenvalue weighted by molar-refractivity contribution is 9.10. The van der Waals surface area contributed by atoms with Gasteiger partial charge in [0.2, 0.25) is 0 Å². The van der Waals surface area contributed by atoms with E-state index in [0.717, 1.165) is 7.11 Å². The summed E-state index contributed by atoms with van der Waals surface area (Å²) in [5, 5.41) is 0. The van der Waals surface area contributed by atoms with E-state index < -0.39 is 36.1 Å². The maximum atomic E-state index is 13.1. The Balaban J connectivity index is 2.60. The third kappa shape index (κ3) is 3.48. The zero-order chi connectivity index (χ0) is 18.1. The summed E-state index contributed by atoms with van der Waals surface area (Å²) >= 11 is 3.30. The first-order chi connectivity index (χ1) is 11.2. The lowest BCUT2D eigenvalue weighted by Gasteiger charge is -2.41. The Morgan fingerprint density at radius 3 is 2.38 bits per heavy atom. The first-order valence-corrected chi connectivity index (χ1v) is 7.87. The van der Waals surface area contributed by atoms with Crippen molar-refractivity contribution >= 4 is 27.8 Å². The van der Waals surface area contributed by atoms with E-state index in [2.05, 4.69) is 20.7 Å². The summed E-state index contributed by atoms with van der Waals surface area (Å²) < 4.78 is 44.5. The molecule has 130 valence electrons. The van der Waals surface area contributed by atoms with Crippen LogP contribution in [0.1, 0.15) is 18.5 Å². The van der Waals surface area contributed by atoms with Gasteiger partial charge in [-0.05, 0) is 17.5 Å². The van der Waals surface area contributed by atoms with Crippen LogP contribution in [0.2, 0.25) is 0 Å². The topological polar surface area (TPSA) is 46.6 Å². The molecular formula is C16H15BrF3NO3. The van der Waals surface area contributed by atoms with Crippen molar-refractivity contribution in [2.75, 3.05) is 7.11 Å². The molecule has 4 nitrogen and oxygen atoms in total. The Labute approximate surface area is 145 Å². The number of rotatable bonds is 2. The van der Waals surface area contributed by atoms with Gasteiger partial charge in [-0.1, -0.05) is 53.2 Å². The number of benzene rings is 1. The van der Waals surface area contributed by atoms with Gasteiger partial charge in [0.15, 0.2) is 0 Å². The van der Waals surface area contributed by atoms with Gasteiger partial charge in [-0.3, -0.25) is 4.79 Å². The molecule has 0 fully saturated rings. The van der Waals surface area contributed by atoms with E-state index in [9.17, 15) is 22.8 Å². The van der Waals surface area contributed by atoms with Crippen LogP contribution < -0.4 is 0 Å². The molecule has 1 aliphatic rings. The molecule has 24 heavy (non-hydrogen) atoms. The molecule has 0 spiro atoms. The van der Waals surface area contributed by atoms with Crippen molar-refractivity contribution in [2.24, 2.45) is 5.92 Å². The number of hydrogen-bond donors (Lipinski definition) is 0. The molecule has 1 aromatic rings. The number of alkyl halides is 3. The molecule has 0 unspecified atom stereocenters. The summed E-state index contributed by atoms with van der Waals surface area (Å²) in [4.78, 5) is 24.5. The zero-order valence-corrected chi connectivity index (χ0v) is 14.5. The first-order valence-electron chi connectivity index (χ1n) is 7.08. The molecule has 0 bridgehead atoms. The monoisotopic (exact) mass is 405 g/mol. The van der Waals surface area contributed by atoms with Gasteiger partial charge in [-0.15, -0.1) is 0 Å². The third-order valence-electron chi connectivity index (χ3n) is 3.84. The summed E-state index contributed by atoms with van der Waals surface area (Å²) in [5.41, 5.74) is 0.487. The molecule has 0 aliphatic carbocycles. The van der Waals surface area contributed by atoms with Crippen molar-refractivity contribution in [3.63, 3.8) is 0 Å². The zero-order valence-electron chi connectivity index (χ0n) is 12.9. The predicted octanol–water partition coefficient (Wildman–Crippen LogP) is 3.63. The third-order valence-corrected chi connectivity index (χ3v) is 4.56. The van der Waals surface area contributed by atoms with E-state index in [0.29, 0.717) is 14.9 Å². The molecule has 0 saturated heterocycles. The van der Waals surface area contributed by atoms with E-state index in [1.54, 1.807) is 37.3 Å². The van der Waals surface area contributed by atoms with Gasteiger partial charge in [-0.2, -0.15) is 13.2 Å². The number of halogens is 4. The Bertz CT molecular complexity index is 675. The van der Waals surface area contributed by atoms with Gasteiger partial charge in [-0.25, -0.2) is 4.79 Å². The van der Waals surface area contributed by atoms with Crippen LogP contribution in [0.5, 0.6) is 0 Å². The predicted molar refractivity (Wildman–Crippen MR) is 83.9 cm³/mol. The van der Waals surface area contributed by atoms with Crippen molar-refractivity contribution < 1.29 is 27.5 Å². The molecule has 1 aromatic carbocycles. The molecule has 0 N–H and O–H groups in total. The normalized spacial score (nSPS) is 23.9. The van der Waals surface area contributed by atoms with Gasteiger partial charge in [0.1, 0.15) is 6.04 Å². The van der Waals surface area contributed by atoms with Crippen LogP contribution in [0.25, 0.3) is 0 Å². The van der Waals surface area contributed by atoms with Crippen molar-refractivity contribution in [2.45, 2.75) is 25.2 Å². The second-order valence-corrected chi connectivity index (χ2v) is 6.24. The Morgan fingerprint density at radius 1 is 1.21 bits per heavy atom. The molecule has 0 aromatic heterocycles. The van der Waals surface area contributed by atoms with Crippen LogP contribution in [0.3, 0.4) is 0 Å². The van der Waals surface area contributed by atoms with E-state index in [4.69, 9.17) is 0 Å². The minimum Gasteiger partial charge on any atom is -0.467 e. The molecule has 8 heteroatoms. The van der Waals surface area contributed by atoms with Crippen LogP contribution in [-0.2, 0) is 14.3 Å². The van der Waals surface area contributed by atoms with Gasteiger partial charge in [0.25, 0.3) is 0 Å². The van der Waals surface area contributed by atoms with Crippen molar-refractivity contribution in [1.29, 1.82) is 0 Å². The second-order valence-electron chi connectivity index (χ2n) is 5.39. The quantitative estimate of drug-likeness (QED) is 0.557. The number of ether oxygens (including phenoxy) is 1. The lowest BCUT2D eigenvalue weighted by atomic mass is 9.87. The first kappa shape index (κ1) is 18.5. The highest BCUT2D eigenvalue weighted by Gasteiger charge is 2.51. The van der Waals surface area contributed by atoms with E-state index in [1.807, 2.05) is 0 Å². The highest BCUT2D eigenvalue weighted by atomic mass is 79.9. The summed E-state index contributed by atoms with van der Waals surface area (Å²) in [5.74, 6) is -3.42. The van der Waals surface area contributed by atoms with Crippen molar-refractivity contribution in [1.82, 2.24) is 4.90 Å². The Morgan fingerprint density at radius 2 is 1.83 bits per heavy atom. The molecular weight excluding hydrogens is 391 g/mol. The number of methoxy groups -OCH3 is 1. The van der Waals surface area contributed by atoms with Gasteiger partial charge in [0, 0.05) is 4.47 Å². The molecule has 0 saturated carbocycles. The number of carbonyl (C=O) groups is 2. The van der Waals surface area contributed by atoms with Gasteiger partial charge >= 0.3 is 18.1 Å². The molecule has 3 atom stereocenters. The fraction of sp³-hybridized carbons (Fsp3) is 0.375. The smallest absolute Gasteiger partial charge is 0.467 e. The molecule has 1 amide bonds. The van der Waals surface area contributed by atoms with E-state index in [-0.39, 0.29) is 0 Å². The van der Waals surface area contributed by atoms with Crippen LogP contribution >= 0.6 is 15.9 Å². The molecule has 1 heterocycles. The molecule has 2 rings (SSSR count). The van der Waals surface area contributed by atoms with Crippen LogP contribution in [0, 0.1) is 5.92 Å². The average molecular weight is 406 g/mol. The Hall–Kier alpha value is -1.83. The number of nitrogens with zero attached hydrogens (tertiary/aromatic N) is 1. The SMILES string of the molecule is COC(=O)[C@@H]1C=C[C@H](C)[C@@H](c2ccccc2Br)N1C(=O)C(F)(F)F. The van der Waals surface area contributed by atoms with Crippen LogP contribution in [0.15, 0.2) is 40.9 Å². The largest absolute Gasteiger partial charge is 0.471 e. The van der Waals surface area contributed by atoms with Gasteiger partial charge < -0.3 is 9.64 Å². The fourth-order valence-corrected chi connectivity index (χ4v) is 3.28. The van der Waals surface area contributed by atoms with Crippen LogP contribution in [-0.4, -0.2) is 36.1 Å². The number of carbonyl (C=O) groups excluding carboxylic acids is 2. The summed E-state index contributed by atoms with van der Waals surface area (Å²) in [7, 11) is 1.07.